The first kappa shape index (κ1) is 14.5. The summed E-state index contributed by atoms with van der Waals surface area (Å²) < 4.78 is 18.7. The normalized spacial score (nSPS) is 17.5. The van der Waals surface area contributed by atoms with Crippen molar-refractivity contribution in [3.05, 3.63) is 35.6 Å². The van der Waals surface area contributed by atoms with E-state index in [0.717, 1.165) is 39.1 Å². The molecule has 19 heavy (non-hydrogen) atoms. The van der Waals surface area contributed by atoms with Crippen LogP contribution in [-0.4, -0.2) is 26.3 Å². The highest BCUT2D eigenvalue weighted by Gasteiger charge is 2.38. The maximum absolute atomic E-state index is 13.0. The van der Waals surface area contributed by atoms with E-state index in [1.807, 2.05) is 12.1 Å². The number of nitrogens with one attached hydrogen (secondary N) is 1. The SMILES string of the molecule is CC(C)CCOCCC1(c2ccc(F)cc2)CNC1. The van der Waals surface area contributed by atoms with Gasteiger partial charge in [0.05, 0.1) is 0 Å². The quantitative estimate of drug-likeness (QED) is 0.765. The predicted molar refractivity (Wildman–Crippen MR) is 75.8 cm³/mol. The van der Waals surface area contributed by atoms with Gasteiger partial charge in [-0.25, -0.2) is 4.39 Å². The van der Waals surface area contributed by atoms with Gasteiger partial charge in [0, 0.05) is 31.7 Å². The van der Waals surface area contributed by atoms with Gasteiger partial charge in [0.15, 0.2) is 0 Å². The Morgan fingerprint density at radius 2 is 1.89 bits per heavy atom. The van der Waals surface area contributed by atoms with Crippen molar-refractivity contribution >= 4 is 0 Å². The summed E-state index contributed by atoms with van der Waals surface area (Å²) in [7, 11) is 0. The Morgan fingerprint density at radius 1 is 1.21 bits per heavy atom. The summed E-state index contributed by atoms with van der Waals surface area (Å²) in [5.74, 6) is 0.524. The topological polar surface area (TPSA) is 21.3 Å². The first-order valence-electron chi connectivity index (χ1n) is 7.17. The summed E-state index contributed by atoms with van der Waals surface area (Å²) >= 11 is 0. The van der Waals surface area contributed by atoms with Crippen molar-refractivity contribution < 1.29 is 9.13 Å². The number of benzene rings is 1. The third-order valence-corrected chi connectivity index (χ3v) is 3.95. The minimum Gasteiger partial charge on any atom is -0.381 e. The van der Waals surface area contributed by atoms with E-state index in [2.05, 4.69) is 19.2 Å². The first-order chi connectivity index (χ1) is 9.12. The van der Waals surface area contributed by atoms with E-state index in [1.54, 1.807) is 12.1 Å². The second-order valence-electron chi connectivity index (χ2n) is 5.94. The molecule has 0 unspecified atom stereocenters. The molecule has 1 fully saturated rings. The van der Waals surface area contributed by atoms with Gasteiger partial charge in [-0.15, -0.1) is 0 Å². The molecule has 0 bridgehead atoms. The number of halogens is 1. The Bertz CT molecular complexity index is 384. The van der Waals surface area contributed by atoms with Crippen molar-refractivity contribution in [3.8, 4) is 0 Å². The molecule has 106 valence electrons. The molecule has 1 N–H and O–H groups in total. The van der Waals surface area contributed by atoms with E-state index >= 15 is 0 Å². The molecule has 0 aliphatic carbocycles. The highest BCUT2D eigenvalue weighted by atomic mass is 19.1. The molecule has 0 amide bonds. The van der Waals surface area contributed by atoms with Gasteiger partial charge < -0.3 is 10.1 Å². The fraction of sp³-hybridized carbons (Fsp3) is 0.625. The van der Waals surface area contributed by atoms with Gasteiger partial charge in [0.1, 0.15) is 5.82 Å². The summed E-state index contributed by atoms with van der Waals surface area (Å²) in [5, 5.41) is 3.32. The highest BCUT2D eigenvalue weighted by Crippen LogP contribution is 2.32. The van der Waals surface area contributed by atoms with E-state index in [4.69, 9.17) is 4.74 Å². The van der Waals surface area contributed by atoms with Gasteiger partial charge in [-0.3, -0.25) is 0 Å². The van der Waals surface area contributed by atoms with Gasteiger partial charge in [-0.1, -0.05) is 26.0 Å². The Kier molecular flexibility index (Phi) is 4.94. The van der Waals surface area contributed by atoms with Crippen LogP contribution in [0.15, 0.2) is 24.3 Å². The number of rotatable bonds is 7. The summed E-state index contributed by atoms with van der Waals surface area (Å²) in [6.07, 6.45) is 2.12. The van der Waals surface area contributed by atoms with Crippen LogP contribution in [0.5, 0.6) is 0 Å². The Labute approximate surface area is 115 Å². The fourth-order valence-electron chi connectivity index (χ4n) is 2.44. The molecule has 0 atom stereocenters. The zero-order valence-electron chi connectivity index (χ0n) is 11.9. The molecule has 0 saturated carbocycles. The van der Waals surface area contributed by atoms with Gasteiger partial charge in [-0.2, -0.15) is 0 Å². The maximum Gasteiger partial charge on any atom is 0.123 e. The van der Waals surface area contributed by atoms with Crippen molar-refractivity contribution in [2.45, 2.75) is 32.1 Å². The zero-order valence-corrected chi connectivity index (χ0v) is 11.9. The van der Waals surface area contributed by atoms with Crippen LogP contribution >= 0.6 is 0 Å². The largest absolute Gasteiger partial charge is 0.381 e. The molecule has 1 aliphatic rings. The molecule has 1 aliphatic heterocycles. The van der Waals surface area contributed by atoms with Gasteiger partial charge in [0.25, 0.3) is 0 Å². The van der Waals surface area contributed by atoms with Crippen LogP contribution in [0.3, 0.4) is 0 Å². The number of hydrogen-bond acceptors (Lipinski definition) is 2. The van der Waals surface area contributed by atoms with E-state index < -0.39 is 0 Å². The summed E-state index contributed by atoms with van der Waals surface area (Å²) in [5.41, 5.74) is 1.37. The molecule has 2 rings (SSSR count). The van der Waals surface area contributed by atoms with Crippen LogP contribution in [-0.2, 0) is 10.2 Å². The van der Waals surface area contributed by atoms with Crippen LogP contribution in [0.4, 0.5) is 4.39 Å². The molecular weight excluding hydrogens is 241 g/mol. The summed E-state index contributed by atoms with van der Waals surface area (Å²) in [4.78, 5) is 0. The summed E-state index contributed by atoms with van der Waals surface area (Å²) in [6, 6.07) is 6.92. The standard InChI is InChI=1S/C16H24FNO/c1-13(2)7-9-19-10-8-16(11-18-12-16)14-3-5-15(17)6-4-14/h3-6,13,18H,7-12H2,1-2H3. The predicted octanol–water partition coefficient (Wildman–Crippen LogP) is 3.12. The molecule has 1 saturated heterocycles. The molecule has 3 heteroatoms. The number of hydrogen-bond donors (Lipinski definition) is 1. The van der Waals surface area contributed by atoms with Crippen molar-refractivity contribution in [1.29, 1.82) is 0 Å². The lowest BCUT2D eigenvalue weighted by Gasteiger charge is -2.43. The van der Waals surface area contributed by atoms with E-state index in [0.29, 0.717) is 5.92 Å². The average molecular weight is 265 g/mol. The third-order valence-electron chi connectivity index (χ3n) is 3.95. The second-order valence-corrected chi connectivity index (χ2v) is 5.94. The minimum atomic E-state index is -0.167. The van der Waals surface area contributed by atoms with E-state index in [9.17, 15) is 4.39 Å². The molecule has 1 aromatic carbocycles. The Morgan fingerprint density at radius 3 is 2.42 bits per heavy atom. The minimum absolute atomic E-state index is 0.144. The van der Waals surface area contributed by atoms with Crippen molar-refractivity contribution in [3.63, 3.8) is 0 Å². The number of ether oxygens (including phenoxy) is 1. The van der Waals surface area contributed by atoms with Gasteiger partial charge in [-0.05, 0) is 36.5 Å². The highest BCUT2D eigenvalue weighted by molar-refractivity contribution is 5.30. The monoisotopic (exact) mass is 265 g/mol. The van der Waals surface area contributed by atoms with Crippen LogP contribution in [0.1, 0.15) is 32.3 Å². The molecule has 0 spiro atoms. The van der Waals surface area contributed by atoms with Gasteiger partial charge in [0.2, 0.25) is 0 Å². The molecular formula is C16H24FNO. The smallest absolute Gasteiger partial charge is 0.123 e. The summed E-state index contributed by atoms with van der Waals surface area (Å²) in [6.45, 7) is 7.97. The van der Waals surface area contributed by atoms with Crippen molar-refractivity contribution in [2.24, 2.45) is 5.92 Å². The molecule has 0 aromatic heterocycles. The molecule has 1 aromatic rings. The van der Waals surface area contributed by atoms with E-state index in [-0.39, 0.29) is 11.2 Å². The van der Waals surface area contributed by atoms with Crippen LogP contribution in [0, 0.1) is 11.7 Å². The Balaban J connectivity index is 1.83. The molecule has 1 heterocycles. The van der Waals surface area contributed by atoms with Crippen molar-refractivity contribution in [1.82, 2.24) is 5.32 Å². The van der Waals surface area contributed by atoms with Crippen molar-refractivity contribution in [2.75, 3.05) is 26.3 Å². The van der Waals surface area contributed by atoms with Crippen LogP contribution < -0.4 is 5.32 Å². The lowest BCUT2D eigenvalue weighted by Crippen LogP contribution is -2.57. The maximum atomic E-state index is 13.0. The zero-order chi connectivity index (χ0) is 13.7. The Hall–Kier alpha value is -0.930. The third kappa shape index (κ3) is 3.77. The van der Waals surface area contributed by atoms with Crippen LogP contribution in [0.25, 0.3) is 0 Å². The lowest BCUT2D eigenvalue weighted by atomic mass is 9.73. The first-order valence-corrected chi connectivity index (χ1v) is 7.17. The molecule has 2 nitrogen and oxygen atoms in total. The molecule has 0 radical (unpaired) electrons. The van der Waals surface area contributed by atoms with Gasteiger partial charge >= 0.3 is 0 Å². The lowest BCUT2D eigenvalue weighted by molar-refractivity contribution is 0.0921. The average Bonchev–Trinajstić information content (AvgIpc) is 2.33. The second kappa shape index (κ2) is 6.49. The van der Waals surface area contributed by atoms with E-state index in [1.165, 1.54) is 5.56 Å². The van der Waals surface area contributed by atoms with Crippen LogP contribution in [0.2, 0.25) is 0 Å². The fourth-order valence-corrected chi connectivity index (χ4v) is 2.44.